The average molecular weight is 550 g/mol. The Morgan fingerprint density at radius 1 is 0.897 bits per heavy atom. The number of nitrogens with one attached hydrogen (secondary N) is 2. The van der Waals surface area contributed by atoms with Gasteiger partial charge in [0, 0.05) is 30.6 Å². The summed E-state index contributed by atoms with van der Waals surface area (Å²) in [6.45, 7) is 0.752. The second-order valence-electron chi connectivity index (χ2n) is 10.2. The molecule has 1 aliphatic heterocycles. The van der Waals surface area contributed by atoms with E-state index < -0.39 is 15.9 Å². The largest absolute Gasteiger partial charge is 0.340 e. The topological polar surface area (TPSA) is 95.6 Å². The minimum atomic E-state index is -3.14. The zero-order valence-electron chi connectivity index (χ0n) is 21.6. The van der Waals surface area contributed by atoms with Crippen LogP contribution in [0.15, 0.2) is 78.9 Å². The fourth-order valence-corrected chi connectivity index (χ4v) is 6.21. The van der Waals surface area contributed by atoms with Crippen molar-refractivity contribution in [3.05, 3.63) is 95.8 Å². The van der Waals surface area contributed by atoms with E-state index in [1.807, 2.05) is 42.5 Å². The molecule has 2 N–H and O–H groups in total. The average Bonchev–Trinajstić information content (AvgIpc) is 3.72. The summed E-state index contributed by atoms with van der Waals surface area (Å²) < 4.78 is 37.0. The van der Waals surface area contributed by atoms with Crippen LogP contribution in [0.3, 0.4) is 0 Å². The molecule has 2 amide bonds. The number of hydrogen-bond donors (Lipinski definition) is 2. The van der Waals surface area contributed by atoms with Crippen LogP contribution in [0.5, 0.6) is 0 Å². The molecule has 3 aromatic rings. The van der Waals surface area contributed by atoms with Crippen LogP contribution in [0.1, 0.15) is 34.7 Å². The number of amides is 2. The Bertz CT molecular complexity index is 1400. The predicted molar refractivity (Wildman–Crippen MR) is 149 cm³/mol. The number of nitrogens with zero attached hydrogens (tertiary/aromatic N) is 1. The number of rotatable bonds is 9. The predicted octanol–water partition coefficient (Wildman–Crippen LogP) is 3.38. The normalized spacial score (nSPS) is 20.7. The van der Waals surface area contributed by atoms with E-state index in [4.69, 9.17) is 0 Å². The third-order valence-corrected chi connectivity index (χ3v) is 9.05. The molecular formula is C30H32FN3O4S. The summed E-state index contributed by atoms with van der Waals surface area (Å²) in [6, 6.07) is 23.0. The summed E-state index contributed by atoms with van der Waals surface area (Å²) in [4.78, 5) is 28.0. The van der Waals surface area contributed by atoms with E-state index in [1.165, 1.54) is 17.0 Å². The van der Waals surface area contributed by atoms with Gasteiger partial charge in [0.05, 0.1) is 11.5 Å². The van der Waals surface area contributed by atoms with Gasteiger partial charge in [0.25, 0.3) is 5.91 Å². The van der Waals surface area contributed by atoms with E-state index in [9.17, 15) is 22.4 Å². The molecule has 1 aliphatic carbocycles. The first kappa shape index (κ1) is 27.0. The van der Waals surface area contributed by atoms with Gasteiger partial charge in [0.2, 0.25) is 5.91 Å². The van der Waals surface area contributed by atoms with Crippen LogP contribution in [0, 0.1) is 5.82 Å². The Kier molecular flexibility index (Phi) is 8.09. The molecule has 0 radical (unpaired) electrons. The monoisotopic (exact) mass is 549 g/mol. The fourth-order valence-electron chi connectivity index (χ4n) is 5.01. The maximum absolute atomic E-state index is 13.4. The van der Waals surface area contributed by atoms with E-state index in [2.05, 4.69) is 10.6 Å². The Labute approximate surface area is 228 Å². The standard InChI is InChI=1S/C30H32FN3O4S/c31-25-12-10-23(11-13-25)26-20-28(26)32-15-14-27(30(36)34-16-18-39(37,38)19-17-34)33-29(35)24-8-6-22(7-9-24)21-4-2-1-3-5-21/h1-13,26-28,32H,14-20H2,(H,33,35)/t26?,27-,28-/m0/s1. The molecule has 1 saturated heterocycles. The molecule has 3 atom stereocenters. The highest BCUT2D eigenvalue weighted by molar-refractivity contribution is 7.91. The van der Waals surface area contributed by atoms with Crippen LogP contribution < -0.4 is 10.6 Å². The van der Waals surface area contributed by atoms with Crippen molar-refractivity contribution in [1.82, 2.24) is 15.5 Å². The first-order valence-corrected chi connectivity index (χ1v) is 15.1. The molecule has 204 valence electrons. The summed E-state index contributed by atoms with van der Waals surface area (Å²) in [5.74, 6) is -0.730. The van der Waals surface area contributed by atoms with Gasteiger partial charge in [-0.1, -0.05) is 54.6 Å². The zero-order chi connectivity index (χ0) is 27.4. The first-order chi connectivity index (χ1) is 18.8. The Hall–Kier alpha value is -3.56. The molecule has 0 spiro atoms. The molecule has 39 heavy (non-hydrogen) atoms. The number of sulfone groups is 1. The van der Waals surface area contributed by atoms with Crippen molar-refractivity contribution in [3.63, 3.8) is 0 Å². The number of halogens is 1. The van der Waals surface area contributed by atoms with Gasteiger partial charge in [-0.3, -0.25) is 9.59 Å². The molecule has 1 unspecified atom stereocenters. The van der Waals surface area contributed by atoms with Crippen LogP contribution in [0.4, 0.5) is 4.39 Å². The van der Waals surface area contributed by atoms with E-state index >= 15 is 0 Å². The number of benzene rings is 3. The van der Waals surface area contributed by atoms with Gasteiger partial charge < -0.3 is 15.5 Å². The maximum atomic E-state index is 13.4. The quantitative estimate of drug-likeness (QED) is 0.427. The molecule has 0 aromatic heterocycles. The van der Waals surface area contributed by atoms with Gasteiger partial charge in [0.1, 0.15) is 11.9 Å². The third-order valence-electron chi connectivity index (χ3n) is 7.44. The minimum Gasteiger partial charge on any atom is -0.340 e. The molecule has 2 aliphatic rings. The number of carbonyl (C=O) groups excluding carboxylic acids is 2. The summed E-state index contributed by atoms with van der Waals surface area (Å²) in [5.41, 5.74) is 3.55. The SMILES string of the molecule is O=C(N[C@@H](CCN[C@H]1CC1c1ccc(F)cc1)C(=O)N1CCS(=O)(=O)CC1)c1ccc(-c2ccccc2)cc1. The van der Waals surface area contributed by atoms with E-state index in [-0.39, 0.29) is 48.3 Å². The Morgan fingerprint density at radius 3 is 2.21 bits per heavy atom. The van der Waals surface area contributed by atoms with Crippen molar-refractivity contribution in [1.29, 1.82) is 0 Å². The van der Waals surface area contributed by atoms with Crippen molar-refractivity contribution in [2.45, 2.75) is 30.8 Å². The Balaban J connectivity index is 1.22. The van der Waals surface area contributed by atoms with Crippen molar-refractivity contribution >= 4 is 21.7 Å². The van der Waals surface area contributed by atoms with E-state index in [0.717, 1.165) is 23.1 Å². The lowest BCUT2D eigenvalue weighted by Gasteiger charge is -2.30. The van der Waals surface area contributed by atoms with Crippen LogP contribution in [0.25, 0.3) is 11.1 Å². The fraction of sp³-hybridized carbons (Fsp3) is 0.333. The molecule has 3 aromatic carbocycles. The zero-order valence-corrected chi connectivity index (χ0v) is 22.4. The lowest BCUT2D eigenvalue weighted by Crippen LogP contribution is -2.53. The summed E-state index contributed by atoms with van der Waals surface area (Å²) in [6.07, 6.45) is 1.29. The van der Waals surface area contributed by atoms with Gasteiger partial charge in [-0.05, 0) is 60.3 Å². The van der Waals surface area contributed by atoms with Crippen molar-refractivity contribution in [3.8, 4) is 11.1 Å². The number of carbonyl (C=O) groups is 2. The van der Waals surface area contributed by atoms with Gasteiger partial charge in [-0.25, -0.2) is 12.8 Å². The van der Waals surface area contributed by atoms with E-state index in [1.54, 1.807) is 24.3 Å². The summed E-state index contributed by atoms with van der Waals surface area (Å²) in [5, 5.41) is 6.34. The highest BCUT2D eigenvalue weighted by Gasteiger charge is 2.38. The van der Waals surface area contributed by atoms with Crippen molar-refractivity contribution in [2.75, 3.05) is 31.1 Å². The lowest BCUT2D eigenvalue weighted by molar-refractivity contribution is -0.133. The van der Waals surface area contributed by atoms with Crippen LogP contribution >= 0.6 is 0 Å². The number of hydrogen-bond acceptors (Lipinski definition) is 5. The van der Waals surface area contributed by atoms with Gasteiger partial charge in [-0.15, -0.1) is 0 Å². The van der Waals surface area contributed by atoms with Crippen molar-refractivity contribution in [2.24, 2.45) is 0 Å². The molecule has 2 fully saturated rings. The molecule has 7 nitrogen and oxygen atoms in total. The van der Waals surface area contributed by atoms with E-state index in [0.29, 0.717) is 24.4 Å². The summed E-state index contributed by atoms with van der Waals surface area (Å²) >= 11 is 0. The molecular weight excluding hydrogens is 517 g/mol. The van der Waals surface area contributed by atoms with Crippen LogP contribution in [-0.4, -0.2) is 68.4 Å². The first-order valence-electron chi connectivity index (χ1n) is 13.2. The summed E-state index contributed by atoms with van der Waals surface area (Å²) in [7, 11) is -3.14. The van der Waals surface area contributed by atoms with Gasteiger partial charge >= 0.3 is 0 Å². The third kappa shape index (κ3) is 6.91. The highest BCUT2D eigenvalue weighted by Crippen LogP contribution is 2.40. The highest BCUT2D eigenvalue weighted by atomic mass is 32.2. The molecule has 1 saturated carbocycles. The molecule has 1 heterocycles. The van der Waals surface area contributed by atoms with Crippen LogP contribution in [-0.2, 0) is 14.6 Å². The van der Waals surface area contributed by atoms with Gasteiger partial charge in [0.15, 0.2) is 9.84 Å². The van der Waals surface area contributed by atoms with Crippen LogP contribution in [0.2, 0.25) is 0 Å². The Morgan fingerprint density at radius 2 is 1.54 bits per heavy atom. The van der Waals surface area contributed by atoms with Crippen molar-refractivity contribution < 1.29 is 22.4 Å². The molecule has 5 rings (SSSR count). The smallest absolute Gasteiger partial charge is 0.251 e. The second kappa shape index (κ2) is 11.7. The lowest BCUT2D eigenvalue weighted by atomic mass is 10.0. The maximum Gasteiger partial charge on any atom is 0.251 e. The minimum absolute atomic E-state index is 0.0694. The second-order valence-corrected chi connectivity index (χ2v) is 12.5. The molecule has 0 bridgehead atoms. The molecule has 9 heteroatoms. The van der Waals surface area contributed by atoms with Gasteiger partial charge in [-0.2, -0.15) is 0 Å².